The third-order valence-corrected chi connectivity index (χ3v) is 5.20. The number of anilines is 1. The lowest BCUT2D eigenvalue weighted by Gasteiger charge is -2.06. The number of rotatable bonds is 9. The Morgan fingerprint density at radius 2 is 2.07 bits per heavy atom. The van der Waals surface area contributed by atoms with Crippen LogP contribution in [0.1, 0.15) is 19.2 Å². The van der Waals surface area contributed by atoms with Crippen LogP contribution in [0.15, 0.2) is 47.0 Å². The maximum atomic E-state index is 12.2. The molecule has 1 aromatic heterocycles. The molecule has 9 heteroatoms. The van der Waals surface area contributed by atoms with Crippen LogP contribution < -0.4 is 19.5 Å². The van der Waals surface area contributed by atoms with Crippen molar-refractivity contribution in [2.75, 3.05) is 24.5 Å². The molecule has 0 unspecified atom stereocenters. The topological polar surface area (TPSA) is 95.7 Å². The van der Waals surface area contributed by atoms with E-state index in [-0.39, 0.29) is 12.7 Å². The highest BCUT2D eigenvalue weighted by atomic mass is 32.2. The number of thioether (sulfide) groups is 1. The Kier molecular flexibility index (Phi) is 6.38. The normalized spacial score (nSPS) is 12.0. The number of para-hydroxylation sites is 1. The van der Waals surface area contributed by atoms with Crippen molar-refractivity contribution in [2.24, 2.45) is 0 Å². The Bertz CT molecular complexity index is 1020. The SMILES string of the molecule is CCOc1ccccc1-c1noc(CSCCC(=O)Nc2ccc3c(c2)OCO3)n1. The molecule has 2 heterocycles. The van der Waals surface area contributed by atoms with Crippen molar-refractivity contribution in [1.82, 2.24) is 10.1 Å². The van der Waals surface area contributed by atoms with E-state index in [9.17, 15) is 4.79 Å². The molecule has 0 radical (unpaired) electrons. The lowest BCUT2D eigenvalue weighted by Crippen LogP contribution is -2.12. The van der Waals surface area contributed by atoms with Crippen LogP contribution in [-0.4, -0.2) is 35.2 Å². The monoisotopic (exact) mass is 427 g/mol. The largest absolute Gasteiger partial charge is 0.493 e. The van der Waals surface area contributed by atoms with Crippen molar-refractivity contribution < 1.29 is 23.5 Å². The van der Waals surface area contributed by atoms with E-state index >= 15 is 0 Å². The predicted molar refractivity (Wildman–Crippen MR) is 113 cm³/mol. The maximum Gasteiger partial charge on any atom is 0.236 e. The van der Waals surface area contributed by atoms with Crippen LogP contribution in [0.5, 0.6) is 17.2 Å². The van der Waals surface area contributed by atoms with Crippen molar-refractivity contribution in [3.05, 3.63) is 48.4 Å². The maximum absolute atomic E-state index is 12.2. The number of ether oxygens (including phenoxy) is 3. The minimum atomic E-state index is -0.0711. The number of nitrogens with one attached hydrogen (secondary N) is 1. The molecular formula is C21H21N3O5S. The average molecular weight is 427 g/mol. The van der Waals surface area contributed by atoms with E-state index in [2.05, 4.69) is 15.5 Å². The van der Waals surface area contributed by atoms with Gasteiger partial charge < -0.3 is 24.1 Å². The average Bonchev–Trinajstić information content (AvgIpc) is 3.41. The first-order valence-electron chi connectivity index (χ1n) is 9.55. The molecule has 1 N–H and O–H groups in total. The first kappa shape index (κ1) is 20.1. The molecule has 0 saturated carbocycles. The fourth-order valence-corrected chi connectivity index (χ4v) is 3.64. The highest BCUT2D eigenvalue weighted by Crippen LogP contribution is 2.34. The molecule has 0 atom stereocenters. The summed E-state index contributed by atoms with van der Waals surface area (Å²) in [6, 6.07) is 12.9. The summed E-state index contributed by atoms with van der Waals surface area (Å²) in [4.78, 5) is 16.6. The predicted octanol–water partition coefficient (Wildman–Crippen LogP) is 4.13. The van der Waals surface area contributed by atoms with Crippen molar-refractivity contribution in [2.45, 2.75) is 19.1 Å². The van der Waals surface area contributed by atoms with Crippen LogP contribution in [-0.2, 0) is 10.5 Å². The zero-order valence-corrected chi connectivity index (χ0v) is 17.2. The van der Waals surface area contributed by atoms with E-state index in [0.717, 1.165) is 11.3 Å². The van der Waals surface area contributed by atoms with Gasteiger partial charge in [0, 0.05) is 23.9 Å². The molecule has 2 aromatic carbocycles. The molecular weight excluding hydrogens is 406 g/mol. The van der Waals surface area contributed by atoms with Crippen LogP contribution in [0.4, 0.5) is 5.69 Å². The van der Waals surface area contributed by atoms with Crippen LogP contribution in [0.2, 0.25) is 0 Å². The van der Waals surface area contributed by atoms with E-state index in [1.54, 1.807) is 30.0 Å². The molecule has 0 aliphatic carbocycles. The van der Waals surface area contributed by atoms with Crippen molar-refractivity contribution in [3.63, 3.8) is 0 Å². The summed E-state index contributed by atoms with van der Waals surface area (Å²) in [6.45, 7) is 2.70. The molecule has 1 aliphatic heterocycles. The van der Waals surface area contributed by atoms with Gasteiger partial charge in [-0.05, 0) is 31.2 Å². The van der Waals surface area contributed by atoms with Crippen LogP contribution in [0.25, 0.3) is 11.4 Å². The number of carbonyl (C=O) groups excluding carboxylic acids is 1. The summed E-state index contributed by atoms with van der Waals surface area (Å²) in [5, 5.41) is 6.91. The van der Waals surface area contributed by atoms with E-state index in [1.165, 1.54) is 0 Å². The first-order valence-corrected chi connectivity index (χ1v) is 10.7. The molecule has 0 spiro atoms. The summed E-state index contributed by atoms with van der Waals surface area (Å²) in [6.07, 6.45) is 0.368. The summed E-state index contributed by atoms with van der Waals surface area (Å²) in [5.41, 5.74) is 1.48. The van der Waals surface area contributed by atoms with E-state index in [1.807, 2.05) is 31.2 Å². The Balaban J connectivity index is 1.24. The van der Waals surface area contributed by atoms with Crippen LogP contribution in [0.3, 0.4) is 0 Å². The van der Waals surface area contributed by atoms with Gasteiger partial charge in [-0.3, -0.25) is 4.79 Å². The van der Waals surface area contributed by atoms with Gasteiger partial charge in [0.15, 0.2) is 11.5 Å². The lowest BCUT2D eigenvalue weighted by atomic mass is 10.2. The number of carbonyl (C=O) groups is 1. The molecule has 30 heavy (non-hydrogen) atoms. The summed E-state index contributed by atoms with van der Waals surface area (Å²) in [5.74, 6) is 4.14. The number of nitrogens with zero attached hydrogens (tertiary/aromatic N) is 2. The van der Waals surface area contributed by atoms with Crippen molar-refractivity contribution in [1.29, 1.82) is 0 Å². The van der Waals surface area contributed by atoms with Crippen LogP contribution >= 0.6 is 11.8 Å². The van der Waals surface area contributed by atoms with Gasteiger partial charge in [-0.15, -0.1) is 0 Å². The third-order valence-electron chi connectivity index (χ3n) is 4.25. The summed E-state index contributed by atoms with van der Waals surface area (Å²) in [7, 11) is 0. The van der Waals surface area contributed by atoms with Gasteiger partial charge in [0.25, 0.3) is 0 Å². The Morgan fingerprint density at radius 3 is 2.97 bits per heavy atom. The van der Waals surface area contributed by atoms with Crippen molar-refractivity contribution >= 4 is 23.4 Å². The van der Waals surface area contributed by atoms with Gasteiger partial charge in [0.2, 0.25) is 24.4 Å². The smallest absolute Gasteiger partial charge is 0.236 e. The standard InChI is InChI=1S/C21H21N3O5S/c1-2-26-16-6-4-3-5-15(16)21-23-20(29-24-21)12-30-10-9-19(25)22-14-7-8-17-18(11-14)28-13-27-17/h3-8,11H,2,9-10,12-13H2,1H3,(H,22,25). The van der Waals surface area contributed by atoms with Crippen molar-refractivity contribution in [3.8, 4) is 28.6 Å². The minimum Gasteiger partial charge on any atom is -0.493 e. The molecule has 0 saturated heterocycles. The summed E-state index contributed by atoms with van der Waals surface area (Å²) < 4.78 is 21.5. The van der Waals surface area contributed by atoms with Crippen LogP contribution in [0, 0.1) is 0 Å². The first-order chi connectivity index (χ1) is 14.7. The van der Waals surface area contributed by atoms with Gasteiger partial charge in [0.1, 0.15) is 5.75 Å². The second kappa shape index (κ2) is 9.53. The molecule has 1 aliphatic rings. The number of amides is 1. The molecule has 8 nitrogen and oxygen atoms in total. The third kappa shape index (κ3) is 4.85. The summed E-state index contributed by atoms with van der Waals surface area (Å²) >= 11 is 1.56. The van der Waals surface area contributed by atoms with E-state index in [0.29, 0.717) is 53.4 Å². The highest BCUT2D eigenvalue weighted by Gasteiger charge is 2.15. The molecule has 156 valence electrons. The fourth-order valence-electron chi connectivity index (χ4n) is 2.88. The van der Waals surface area contributed by atoms with Gasteiger partial charge >= 0.3 is 0 Å². The van der Waals surface area contributed by atoms with Gasteiger partial charge in [-0.25, -0.2) is 0 Å². The Hall–Kier alpha value is -3.20. The zero-order chi connectivity index (χ0) is 20.8. The van der Waals surface area contributed by atoms with E-state index < -0.39 is 0 Å². The zero-order valence-electron chi connectivity index (χ0n) is 16.4. The number of fused-ring (bicyclic) bond motifs is 1. The molecule has 3 aromatic rings. The second-order valence-electron chi connectivity index (χ2n) is 6.36. The fraction of sp³-hybridized carbons (Fsp3) is 0.286. The van der Waals surface area contributed by atoms with Gasteiger partial charge in [0.05, 0.1) is 17.9 Å². The second-order valence-corrected chi connectivity index (χ2v) is 7.46. The molecule has 4 rings (SSSR count). The van der Waals surface area contributed by atoms with E-state index in [4.69, 9.17) is 18.7 Å². The minimum absolute atomic E-state index is 0.0711. The number of hydrogen-bond donors (Lipinski definition) is 1. The molecule has 0 bridgehead atoms. The van der Waals surface area contributed by atoms with Gasteiger partial charge in [-0.1, -0.05) is 17.3 Å². The number of hydrogen-bond acceptors (Lipinski definition) is 8. The Morgan fingerprint density at radius 1 is 1.20 bits per heavy atom. The van der Waals surface area contributed by atoms with Gasteiger partial charge in [-0.2, -0.15) is 16.7 Å². The number of benzene rings is 2. The number of aromatic nitrogens is 2. The molecule has 1 amide bonds. The Labute approximate surface area is 177 Å². The highest BCUT2D eigenvalue weighted by molar-refractivity contribution is 7.98. The lowest BCUT2D eigenvalue weighted by molar-refractivity contribution is -0.115. The molecule has 0 fully saturated rings. The quantitative estimate of drug-likeness (QED) is 0.510.